The van der Waals surface area contributed by atoms with E-state index in [1.165, 1.54) is 0 Å². The molecule has 2 aromatic carbocycles. The quantitative estimate of drug-likeness (QED) is 0.725. The summed E-state index contributed by atoms with van der Waals surface area (Å²) in [6.45, 7) is 5.32. The zero-order chi connectivity index (χ0) is 22.4. The number of benzene rings is 2. The molecule has 2 aromatic rings. The Kier molecular flexibility index (Phi) is 7.39. The fraction of sp³-hybridized carbons (Fsp3) is 0.417. The number of carbonyl (C=O) groups excluding carboxylic acids is 2. The van der Waals surface area contributed by atoms with E-state index < -0.39 is 0 Å². The lowest BCUT2D eigenvalue weighted by atomic mass is 9.89. The van der Waals surface area contributed by atoms with E-state index in [1.807, 2.05) is 36.9 Å². The molecule has 3 amide bonds. The maximum Gasteiger partial charge on any atom is 0.317 e. The molecule has 0 spiro atoms. The number of amides is 3. The van der Waals surface area contributed by atoms with Gasteiger partial charge in [-0.25, -0.2) is 4.79 Å². The standard InChI is InChI=1S/C24H31N3O4/c1-16(2)25-24(29)27-10-6-9-19(15-27)17-7-5-8-18(11-17)23(28)26-20-12-21(30-3)14-22(13-20)31-4/h5,7-8,11-14,16,19H,6,9-10,15H2,1-4H3,(H,25,29)(H,26,28)/t19-/m0/s1. The highest BCUT2D eigenvalue weighted by Crippen LogP contribution is 2.29. The molecule has 0 unspecified atom stereocenters. The fourth-order valence-electron chi connectivity index (χ4n) is 3.79. The van der Waals surface area contributed by atoms with Gasteiger partial charge in [0.1, 0.15) is 11.5 Å². The van der Waals surface area contributed by atoms with Crippen LogP contribution < -0.4 is 20.1 Å². The number of urea groups is 1. The normalized spacial score (nSPS) is 16.0. The van der Waals surface area contributed by atoms with E-state index in [4.69, 9.17) is 9.47 Å². The highest BCUT2D eigenvalue weighted by atomic mass is 16.5. The molecule has 0 saturated carbocycles. The van der Waals surface area contributed by atoms with Gasteiger partial charge in [-0.1, -0.05) is 12.1 Å². The summed E-state index contributed by atoms with van der Waals surface area (Å²) >= 11 is 0. The Morgan fingerprint density at radius 3 is 2.42 bits per heavy atom. The van der Waals surface area contributed by atoms with Crippen LogP contribution in [0, 0.1) is 0 Å². The third-order valence-electron chi connectivity index (χ3n) is 5.35. The SMILES string of the molecule is COc1cc(NC(=O)c2cccc([C@H]3CCCN(C(=O)NC(C)C)C3)c2)cc(OC)c1. The van der Waals surface area contributed by atoms with Crippen molar-refractivity contribution >= 4 is 17.6 Å². The second-order valence-corrected chi connectivity index (χ2v) is 8.07. The average Bonchev–Trinajstić information content (AvgIpc) is 2.78. The van der Waals surface area contributed by atoms with Crippen LogP contribution in [-0.4, -0.2) is 50.2 Å². The van der Waals surface area contributed by atoms with E-state index in [9.17, 15) is 9.59 Å². The summed E-state index contributed by atoms with van der Waals surface area (Å²) in [5, 5.41) is 5.88. The Labute approximate surface area is 183 Å². The lowest BCUT2D eigenvalue weighted by molar-refractivity contribution is 0.102. The number of nitrogens with zero attached hydrogens (tertiary/aromatic N) is 1. The van der Waals surface area contributed by atoms with Crippen molar-refractivity contribution in [2.45, 2.75) is 38.6 Å². The summed E-state index contributed by atoms with van der Waals surface area (Å²) in [5.41, 5.74) is 2.24. The van der Waals surface area contributed by atoms with Crippen LogP contribution in [0.3, 0.4) is 0 Å². The lowest BCUT2D eigenvalue weighted by Gasteiger charge is -2.33. The summed E-state index contributed by atoms with van der Waals surface area (Å²) in [6, 6.07) is 13.0. The van der Waals surface area contributed by atoms with Crippen LogP contribution >= 0.6 is 0 Å². The molecule has 0 radical (unpaired) electrons. The van der Waals surface area contributed by atoms with E-state index in [0.29, 0.717) is 29.3 Å². The zero-order valence-electron chi connectivity index (χ0n) is 18.6. The van der Waals surface area contributed by atoms with Crippen LogP contribution in [-0.2, 0) is 0 Å². The molecular formula is C24H31N3O4. The summed E-state index contributed by atoms with van der Waals surface area (Å²) < 4.78 is 10.5. The van der Waals surface area contributed by atoms with E-state index in [0.717, 1.165) is 24.9 Å². The van der Waals surface area contributed by atoms with Crippen LogP contribution in [0.4, 0.5) is 10.5 Å². The minimum atomic E-state index is -0.206. The molecule has 7 nitrogen and oxygen atoms in total. The van der Waals surface area contributed by atoms with Gasteiger partial charge in [0.2, 0.25) is 0 Å². The lowest BCUT2D eigenvalue weighted by Crippen LogP contribution is -2.47. The molecule has 3 rings (SSSR count). The summed E-state index contributed by atoms with van der Waals surface area (Å²) in [5.74, 6) is 1.20. The molecule has 0 aliphatic carbocycles. The van der Waals surface area contributed by atoms with Crippen molar-refractivity contribution in [1.29, 1.82) is 0 Å². The maximum absolute atomic E-state index is 12.9. The number of nitrogens with one attached hydrogen (secondary N) is 2. The number of rotatable bonds is 6. The first-order chi connectivity index (χ1) is 14.9. The minimum Gasteiger partial charge on any atom is -0.497 e. The topological polar surface area (TPSA) is 79.9 Å². The first-order valence-electron chi connectivity index (χ1n) is 10.6. The van der Waals surface area contributed by atoms with Crippen molar-refractivity contribution in [3.8, 4) is 11.5 Å². The maximum atomic E-state index is 12.9. The van der Waals surface area contributed by atoms with Crippen LogP contribution in [0.15, 0.2) is 42.5 Å². The van der Waals surface area contributed by atoms with Gasteiger partial charge < -0.3 is 25.0 Å². The van der Waals surface area contributed by atoms with Gasteiger partial charge in [0.15, 0.2) is 0 Å². The number of piperidine rings is 1. The molecule has 2 N–H and O–H groups in total. The number of ether oxygens (including phenoxy) is 2. The molecule has 1 heterocycles. The van der Waals surface area contributed by atoms with E-state index in [2.05, 4.69) is 10.6 Å². The molecule has 7 heteroatoms. The predicted octanol–water partition coefficient (Wildman–Crippen LogP) is 4.25. The number of methoxy groups -OCH3 is 2. The molecule has 31 heavy (non-hydrogen) atoms. The van der Waals surface area contributed by atoms with Gasteiger partial charge in [0.05, 0.1) is 14.2 Å². The first-order valence-corrected chi connectivity index (χ1v) is 10.6. The highest BCUT2D eigenvalue weighted by molar-refractivity contribution is 6.04. The van der Waals surface area contributed by atoms with Gasteiger partial charge in [0.25, 0.3) is 5.91 Å². The zero-order valence-corrected chi connectivity index (χ0v) is 18.6. The highest BCUT2D eigenvalue weighted by Gasteiger charge is 2.25. The average molecular weight is 426 g/mol. The Morgan fingerprint density at radius 2 is 1.77 bits per heavy atom. The Bertz CT molecular complexity index is 907. The third kappa shape index (κ3) is 5.90. The first kappa shape index (κ1) is 22.5. The second kappa shape index (κ2) is 10.2. The number of likely N-dealkylation sites (tertiary alicyclic amines) is 1. The molecule has 1 saturated heterocycles. The summed E-state index contributed by atoms with van der Waals surface area (Å²) in [6.07, 6.45) is 1.93. The molecule has 1 atom stereocenters. The fourth-order valence-corrected chi connectivity index (χ4v) is 3.79. The predicted molar refractivity (Wildman–Crippen MR) is 121 cm³/mol. The molecule has 0 bridgehead atoms. The van der Waals surface area contributed by atoms with Gasteiger partial charge >= 0.3 is 6.03 Å². The number of hydrogen-bond acceptors (Lipinski definition) is 4. The minimum absolute atomic E-state index is 0.0273. The summed E-state index contributed by atoms with van der Waals surface area (Å²) in [7, 11) is 3.14. The van der Waals surface area contributed by atoms with Crippen molar-refractivity contribution < 1.29 is 19.1 Å². The Balaban J connectivity index is 1.72. The van der Waals surface area contributed by atoms with Crippen molar-refractivity contribution in [3.63, 3.8) is 0 Å². The van der Waals surface area contributed by atoms with Gasteiger partial charge in [-0.15, -0.1) is 0 Å². The Hall–Kier alpha value is -3.22. The van der Waals surface area contributed by atoms with Crippen LogP contribution in [0.25, 0.3) is 0 Å². The van der Waals surface area contributed by atoms with Crippen LogP contribution in [0.2, 0.25) is 0 Å². The van der Waals surface area contributed by atoms with Gasteiger partial charge in [0, 0.05) is 54.5 Å². The van der Waals surface area contributed by atoms with Gasteiger partial charge in [-0.05, 0) is 44.4 Å². The number of hydrogen-bond donors (Lipinski definition) is 2. The molecule has 1 aliphatic rings. The third-order valence-corrected chi connectivity index (χ3v) is 5.35. The molecule has 0 aromatic heterocycles. The molecule has 1 aliphatic heterocycles. The molecular weight excluding hydrogens is 394 g/mol. The van der Waals surface area contributed by atoms with E-state index >= 15 is 0 Å². The van der Waals surface area contributed by atoms with Crippen molar-refractivity contribution in [1.82, 2.24) is 10.2 Å². The van der Waals surface area contributed by atoms with E-state index in [-0.39, 0.29) is 23.9 Å². The van der Waals surface area contributed by atoms with Gasteiger partial charge in [-0.2, -0.15) is 0 Å². The number of anilines is 1. The van der Waals surface area contributed by atoms with Crippen molar-refractivity contribution in [3.05, 3.63) is 53.6 Å². The van der Waals surface area contributed by atoms with Crippen molar-refractivity contribution in [2.24, 2.45) is 0 Å². The van der Waals surface area contributed by atoms with Crippen LogP contribution in [0.5, 0.6) is 11.5 Å². The van der Waals surface area contributed by atoms with E-state index in [1.54, 1.807) is 38.5 Å². The number of carbonyl (C=O) groups is 2. The van der Waals surface area contributed by atoms with Crippen LogP contribution in [0.1, 0.15) is 48.5 Å². The van der Waals surface area contributed by atoms with Gasteiger partial charge in [-0.3, -0.25) is 4.79 Å². The molecule has 1 fully saturated rings. The smallest absolute Gasteiger partial charge is 0.317 e. The summed E-state index contributed by atoms with van der Waals surface area (Å²) in [4.78, 5) is 27.1. The second-order valence-electron chi connectivity index (χ2n) is 8.07. The largest absolute Gasteiger partial charge is 0.497 e. The monoisotopic (exact) mass is 425 g/mol. The Morgan fingerprint density at radius 1 is 1.06 bits per heavy atom. The van der Waals surface area contributed by atoms with Crippen molar-refractivity contribution in [2.75, 3.05) is 32.6 Å². The molecule has 166 valence electrons.